The van der Waals surface area contributed by atoms with E-state index in [1.807, 2.05) is 6.07 Å². The Morgan fingerprint density at radius 2 is 2.21 bits per heavy atom. The van der Waals surface area contributed by atoms with Gasteiger partial charge in [0.1, 0.15) is 5.75 Å². The molecule has 0 spiro atoms. The molecule has 0 unspecified atom stereocenters. The van der Waals surface area contributed by atoms with Crippen molar-refractivity contribution in [1.82, 2.24) is 4.98 Å². The highest BCUT2D eigenvalue weighted by atomic mass is 79.9. The van der Waals surface area contributed by atoms with Crippen LogP contribution in [0.15, 0.2) is 22.9 Å². The molecule has 0 fully saturated rings. The van der Waals surface area contributed by atoms with Crippen LogP contribution in [0.3, 0.4) is 0 Å². The van der Waals surface area contributed by atoms with Crippen LogP contribution >= 0.6 is 15.9 Å². The first kappa shape index (κ1) is 11.5. The summed E-state index contributed by atoms with van der Waals surface area (Å²) in [6.45, 7) is 5.34. The summed E-state index contributed by atoms with van der Waals surface area (Å²) in [6.07, 6.45) is 3.41. The van der Waals surface area contributed by atoms with E-state index in [9.17, 15) is 0 Å². The number of ether oxygens (including phenoxy) is 1. The SMILES string of the molecule is CC(C)(CN)COc1cncc(Br)c1. The van der Waals surface area contributed by atoms with Crippen LogP contribution in [0, 0.1) is 5.41 Å². The van der Waals surface area contributed by atoms with Gasteiger partial charge in [-0.3, -0.25) is 4.98 Å². The Bertz CT molecular complexity index is 302. The molecular formula is C10H15BrN2O. The summed E-state index contributed by atoms with van der Waals surface area (Å²) in [5, 5.41) is 0. The van der Waals surface area contributed by atoms with Crippen LogP contribution in [-0.4, -0.2) is 18.1 Å². The van der Waals surface area contributed by atoms with E-state index in [2.05, 4.69) is 34.8 Å². The molecule has 0 aliphatic carbocycles. The molecule has 1 aromatic heterocycles. The predicted octanol–water partition coefficient (Wildman–Crippen LogP) is 2.21. The second-order valence-electron chi connectivity index (χ2n) is 4.00. The molecule has 4 heteroatoms. The lowest BCUT2D eigenvalue weighted by Gasteiger charge is -2.22. The Morgan fingerprint density at radius 3 is 2.79 bits per heavy atom. The van der Waals surface area contributed by atoms with Gasteiger partial charge in [-0.15, -0.1) is 0 Å². The van der Waals surface area contributed by atoms with Crippen molar-refractivity contribution < 1.29 is 4.74 Å². The number of nitrogens with zero attached hydrogens (tertiary/aromatic N) is 1. The van der Waals surface area contributed by atoms with E-state index in [4.69, 9.17) is 10.5 Å². The van der Waals surface area contributed by atoms with E-state index >= 15 is 0 Å². The first-order valence-corrected chi connectivity index (χ1v) is 5.26. The van der Waals surface area contributed by atoms with Crippen LogP contribution < -0.4 is 10.5 Å². The fourth-order valence-corrected chi connectivity index (χ4v) is 1.15. The molecule has 0 amide bonds. The molecule has 1 aromatic rings. The van der Waals surface area contributed by atoms with E-state index in [0.717, 1.165) is 10.2 Å². The zero-order valence-corrected chi connectivity index (χ0v) is 10.0. The van der Waals surface area contributed by atoms with Crippen LogP contribution in [0.1, 0.15) is 13.8 Å². The zero-order valence-electron chi connectivity index (χ0n) is 8.46. The van der Waals surface area contributed by atoms with Crippen molar-refractivity contribution in [3.05, 3.63) is 22.9 Å². The second-order valence-corrected chi connectivity index (χ2v) is 4.91. The Hall–Kier alpha value is -0.610. The van der Waals surface area contributed by atoms with Gasteiger partial charge in [0.25, 0.3) is 0 Å². The normalized spacial score (nSPS) is 11.4. The lowest BCUT2D eigenvalue weighted by atomic mass is 9.95. The summed E-state index contributed by atoms with van der Waals surface area (Å²) < 4.78 is 6.49. The van der Waals surface area contributed by atoms with Gasteiger partial charge in [0.05, 0.1) is 12.8 Å². The van der Waals surface area contributed by atoms with Crippen LogP contribution in [0.2, 0.25) is 0 Å². The third-order valence-electron chi connectivity index (χ3n) is 1.86. The average Bonchev–Trinajstić information content (AvgIpc) is 2.15. The molecule has 0 radical (unpaired) electrons. The summed E-state index contributed by atoms with van der Waals surface area (Å²) >= 11 is 3.33. The van der Waals surface area contributed by atoms with Gasteiger partial charge in [0.15, 0.2) is 0 Å². The Balaban J connectivity index is 2.54. The molecule has 0 atom stereocenters. The number of pyridine rings is 1. The van der Waals surface area contributed by atoms with Crippen molar-refractivity contribution in [2.45, 2.75) is 13.8 Å². The second kappa shape index (κ2) is 4.75. The molecule has 0 bridgehead atoms. The van der Waals surface area contributed by atoms with Gasteiger partial charge in [-0.2, -0.15) is 0 Å². The molecule has 0 aliphatic rings. The lowest BCUT2D eigenvalue weighted by Crippen LogP contribution is -2.30. The minimum Gasteiger partial charge on any atom is -0.491 e. The maximum absolute atomic E-state index is 5.60. The molecule has 1 rings (SSSR count). The summed E-state index contributed by atoms with van der Waals surface area (Å²) in [4.78, 5) is 4.01. The fourth-order valence-electron chi connectivity index (χ4n) is 0.809. The maximum atomic E-state index is 5.60. The molecule has 0 saturated carbocycles. The number of hydrogen-bond acceptors (Lipinski definition) is 3. The summed E-state index contributed by atoms with van der Waals surface area (Å²) in [5.74, 6) is 0.765. The molecular weight excluding hydrogens is 244 g/mol. The third-order valence-corrected chi connectivity index (χ3v) is 2.30. The van der Waals surface area contributed by atoms with Crippen molar-refractivity contribution >= 4 is 15.9 Å². The van der Waals surface area contributed by atoms with E-state index in [-0.39, 0.29) is 5.41 Å². The quantitative estimate of drug-likeness (QED) is 0.901. The molecule has 0 aliphatic heterocycles. The maximum Gasteiger partial charge on any atom is 0.138 e. The van der Waals surface area contributed by atoms with Crippen molar-refractivity contribution in [3.8, 4) is 5.75 Å². The smallest absolute Gasteiger partial charge is 0.138 e. The summed E-state index contributed by atoms with van der Waals surface area (Å²) in [5.41, 5.74) is 5.60. The van der Waals surface area contributed by atoms with Gasteiger partial charge in [0, 0.05) is 22.6 Å². The molecule has 1 heterocycles. The van der Waals surface area contributed by atoms with E-state index in [0.29, 0.717) is 13.2 Å². The van der Waals surface area contributed by atoms with Gasteiger partial charge < -0.3 is 10.5 Å². The minimum atomic E-state index is 0.00230. The topological polar surface area (TPSA) is 48.1 Å². The van der Waals surface area contributed by atoms with Gasteiger partial charge in [-0.05, 0) is 22.0 Å². The predicted molar refractivity (Wildman–Crippen MR) is 60.3 cm³/mol. The molecule has 0 aromatic carbocycles. The monoisotopic (exact) mass is 258 g/mol. The van der Waals surface area contributed by atoms with Crippen molar-refractivity contribution in [2.75, 3.05) is 13.2 Å². The molecule has 3 nitrogen and oxygen atoms in total. The number of hydrogen-bond donors (Lipinski definition) is 1. The van der Waals surface area contributed by atoms with E-state index in [1.165, 1.54) is 0 Å². The van der Waals surface area contributed by atoms with Crippen LogP contribution in [0.25, 0.3) is 0 Å². The Kier molecular flexibility index (Phi) is 3.89. The Labute approximate surface area is 92.8 Å². The van der Waals surface area contributed by atoms with Gasteiger partial charge in [-0.1, -0.05) is 13.8 Å². The fraction of sp³-hybridized carbons (Fsp3) is 0.500. The third kappa shape index (κ3) is 3.64. The number of aromatic nitrogens is 1. The minimum absolute atomic E-state index is 0.00230. The standard InChI is InChI=1S/C10H15BrN2O/c1-10(2,6-12)7-14-9-3-8(11)4-13-5-9/h3-5H,6-7,12H2,1-2H3. The highest BCUT2D eigenvalue weighted by Crippen LogP contribution is 2.19. The van der Waals surface area contributed by atoms with Gasteiger partial charge in [0.2, 0.25) is 0 Å². The molecule has 2 N–H and O–H groups in total. The van der Waals surface area contributed by atoms with E-state index < -0.39 is 0 Å². The van der Waals surface area contributed by atoms with Crippen molar-refractivity contribution in [1.29, 1.82) is 0 Å². The van der Waals surface area contributed by atoms with Crippen molar-refractivity contribution in [3.63, 3.8) is 0 Å². The van der Waals surface area contributed by atoms with Gasteiger partial charge in [-0.25, -0.2) is 0 Å². The summed E-state index contributed by atoms with van der Waals surface area (Å²) in [6, 6.07) is 1.89. The zero-order chi connectivity index (χ0) is 10.6. The van der Waals surface area contributed by atoms with Crippen LogP contribution in [0.4, 0.5) is 0 Å². The van der Waals surface area contributed by atoms with E-state index in [1.54, 1.807) is 12.4 Å². The Morgan fingerprint density at radius 1 is 1.50 bits per heavy atom. The molecule has 14 heavy (non-hydrogen) atoms. The number of halogens is 1. The van der Waals surface area contributed by atoms with Crippen LogP contribution in [0.5, 0.6) is 5.75 Å². The highest BCUT2D eigenvalue weighted by Gasteiger charge is 2.16. The molecule has 0 saturated heterocycles. The number of rotatable bonds is 4. The molecule has 78 valence electrons. The highest BCUT2D eigenvalue weighted by molar-refractivity contribution is 9.10. The van der Waals surface area contributed by atoms with Gasteiger partial charge >= 0.3 is 0 Å². The van der Waals surface area contributed by atoms with Crippen molar-refractivity contribution in [2.24, 2.45) is 11.1 Å². The first-order chi connectivity index (χ1) is 6.53. The first-order valence-electron chi connectivity index (χ1n) is 4.47. The lowest BCUT2D eigenvalue weighted by molar-refractivity contribution is 0.186. The summed E-state index contributed by atoms with van der Waals surface area (Å²) in [7, 11) is 0. The average molecular weight is 259 g/mol. The number of nitrogens with two attached hydrogens (primary N) is 1. The largest absolute Gasteiger partial charge is 0.491 e. The van der Waals surface area contributed by atoms with Crippen LogP contribution in [-0.2, 0) is 0 Å².